The predicted octanol–water partition coefficient (Wildman–Crippen LogP) is 4.07. The molecule has 0 atom stereocenters. The van der Waals surface area contributed by atoms with Crippen LogP contribution >= 0.6 is 23.2 Å². The number of hydrogen-bond acceptors (Lipinski definition) is 6. The van der Waals surface area contributed by atoms with Crippen molar-refractivity contribution < 1.29 is 24.2 Å². The van der Waals surface area contributed by atoms with Crippen LogP contribution in [0.15, 0.2) is 51.3 Å². The fourth-order valence-corrected chi connectivity index (χ4v) is 3.95. The predicted molar refractivity (Wildman–Crippen MR) is 133 cm³/mol. The molecule has 0 saturated carbocycles. The van der Waals surface area contributed by atoms with E-state index >= 15 is 0 Å². The standard InChI is InChI=1S/C24H19Cl2N3O6/c1-34-15-5-3-12(18(11-15)35-2)9-13-7-8-29-21(13)28-17-10-14(4-6-16(17)23(29)31)27-22(30)19(25)20(26)24(32)33/h3-6,9-11H,7-8H2,1-2H3,(H,27,30)(H,32,33)/b13-9?,20-19-. The molecule has 0 bridgehead atoms. The molecule has 1 amide bonds. The van der Waals surface area contributed by atoms with Crippen LogP contribution in [0.1, 0.15) is 17.8 Å². The van der Waals surface area contributed by atoms with Crippen molar-refractivity contribution in [1.29, 1.82) is 0 Å². The van der Waals surface area contributed by atoms with Crippen LogP contribution in [0.5, 0.6) is 11.5 Å². The first-order valence-electron chi connectivity index (χ1n) is 10.3. The second-order valence-electron chi connectivity index (χ2n) is 7.54. The van der Waals surface area contributed by atoms with Crippen molar-refractivity contribution >= 4 is 63.3 Å². The van der Waals surface area contributed by atoms with Gasteiger partial charge in [-0.3, -0.25) is 14.2 Å². The molecule has 0 spiro atoms. The Morgan fingerprint density at radius 3 is 2.57 bits per heavy atom. The number of anilines is 1. The molecule has 11 heteroatoms. The highest BCUT2D eigenvalue weighted by molar-refractivity contribution is 6.54. The van der Waals surface area contributed by atoms with Gasteiger partial charge in [0.1, 0.15) is 27.4 Å². The Hall–Kier alpha value is -3.82. The lowest BCUT2D eigenvalue weighted by molar-refractivity contribution is -0.132. The van der Waals surface area contributed by atoms with Gasteiger partial charge in [0.15, 0.2) is 0 Å². The molecular weight excluding hydrogens is 497 g/mol. The highest BCUT2D eigenvalue weighted by Crippen LogP contribution is 2.32. The number of rotatable bonds is 6. The average Bonchev–Trinajstić information content (AvgIpc) is 3.25. The number of carbonyl (C=O) groups excluding carboxylic acids is 1. The molecule has 1 aromatic heterocycles. The molecule has 2 N–H and O–H groups in total. The summed E-state index contributed by atoms with van der Waals surface area (Å²) in [6, 6.07) is 10.0. The SMILES string of the molecule is COc1ccc(C=C2CCn3c2nc2cc(NC(=O)/C(Cl)=C(/Cl)C(=O)O)ccc2c3=O)c(OC)c1. The van der Waals surface area contributed by atoms with Gasteiger partial charge in [0.2, 0.25) is 0 Å². The van der Waals surface area contributed by atoms with Gasteiger partial charge in [0.05, 0.1) is 25.1 Å². The minimum absolute atomic E-state index is 0.208. The van der Waals surface area contributed by atoms with E-state index in [0.29, 0.717) is 41.2 Å². The minimum atomic E-state index is -1.52. The van der Waals surface area contributed by atoms with Gasteiger partial charge in [-0.1, -0.05) is 23.2 Å². The molecule has 1 aliphatic rings. The monoisotopic (exact) mass is 515 g/mol. The molecule has 35 heavy (non-hydrogen) atoms. The van der Waals surface area contributed by atoms with Crippen LogP contribution in [0.25, 0.3) is 22.6 Å². The van der Waals surface area contributed by atoms with E-state index in [-0.39, 0.29) is 11.2 Å². The van der Waals surface area contributed by atoms with Gasteiger partial charge in [0.25, 0.3) is 11.5 Å². The maximum atomic E-state index is 13.1. The van der Waals surface area contributed by atoms with E-state index in [0.717, 1.165) is 11.1 Å². The summed E-state index contributed by atoms with van der Waals surface area (Å²) in [5, 5.41) is 10.3. The summed E-state index contributed by atoms with van der Waals surface area (Å²) >= 11 is 11.3. The zero-order chi connectivity index (χ0) is 25.3. The van der Waals surface area contributed by atoms with E-state index in [2.05, 4.69) is 10.3 Å². The largest absolute Gasteiger partial charge is 0.497 e. The van der Waals surface area contributed by atoms with E-state index in [1.165, 1.54) is 18.2 Å². The van der Waals surface area contributed by atoms with Crippen LogP contribution in [0.2, 0.25) is 0 Å². The molecule has 180 valence electrons. The molecule has 3 aromatic rings. The molecule has 2 heterocycles. The number of halogens is 2. The van der Waals surface area contributed by atoms with Gasteiger partial charge in [-0.05, 0) is 48.4 Å². The lowest BCUT2D eigenvalue weighted by Crippen LogP contribution is -2.21. The number of carboxylic acids is 1. The highest BCUT2D eigenvalue weighted by atomic mass is 35.5. The van der Waals surface area contributed by atoms with Crippen LogP contribution in [0.3, 0.4) is 0 Å². The Bertz CT molecular complexity index is 1490. The average molecular weight is 516 g/mol. The van der Waals surface area contributed by atoms with Crippen LogP contribution in [-0.2, 0) is 16.1 Å². The third-order valence-corrected chi connectivity index (χ3v) is 6.26. The number of nitrogens with zero attached hydrogens (tertiary/aromatic N) is 2. The Labute approximate surface area is 209 Å². The van der Waals surface area contributed by atoms with Crippen LogP contribution < -0.4 is 20.3 Å². The Kier molecular flexibility index (Phi) is 6.81. The number of amides is 1. The lowest BCUT2D eigenvalue weighted by atomic mass is 10.1. The van der Waals surface area contributed by atoms with Crippen molar-refractivity contribution in [3.63, 3.8) is 0 Å². The first-order valence-corrected chi connectivity index (χ1v) is 11.1. The van der Waals surface area contributed by atoms with E-state index in [1.54, 1.807) is 24.9 Å². The maximum Gasteiger partial charge on any atom is 0.349 e. The molecule has 9 nitrogen and oxygen atoms in total. The number of aromatic nitrogens is 2. The van der Waals surface area contributed by atoms with Gasteiger partial charge < -0.3 is 19.9 Å². The third-order valence-electron chi connectivity index (χ3n) is 5.46. The van der Waals surface area contributed by atoms with Crippen LogP contribution in [-0.4, -0.2) is 40.8 Å². The van der Waals surface area contributed by atoms with Gasteiger partial charge in [-0.25, -0.2) is 9.78 Å². The summed E-state index contributed by atoms with van der Waals surface area (Å²) in [5.74, 6) is -0.638. The number of hydrogen-bond donors (Lipinski definition) is 2. The van der Waals surface area contributed by atoms with Crippen molar-refractivity contribution in [1.82, 2.24) is 9.55 Å². The summed E-state index contributed by atoms with van der Waals surface area (Å²) in [6.45, 7) is 0.480. The zero-order valence-electron chi connectivity index (χ0n) is 18.6. The normalized spacial score (nSPS) is 14.5. The van der Waals surface area contributed by atoms with Crippen molar-refractivity contribution in [2.45, 2.75) is 13.0 Å². The van der Waals surface area contributed by atoms with E-state index in [1.807, 2.05) is 18.2 Å². The number of ether oxygens (including phenoxy) is 2. The van der Waals surface area contributed by atoms with Crippen molar-refractivity contribution in [2.75, 3.05) is 19.5 Å². The fraction of sp³-hybridized carbons (Fsp3) is 0.167. The van der Waals surface area contributed by atoms with Crippen molar-refractivity contribution in [3.8, 4) is 11.5 Å². The van der Waals surface area contributed by atoms with Crippen molar-refractivity contribution in [2.24, 2.45) is 0 Å². The zero-order valence-corrected chi connectivity index (χ0v) is 20.1. The second-order valence-corrected chi connectivity index (χ2v) is 8.29. The minimum Gasteiger partial charge on any atom is -0.497 e. The van der Waals surface area contributed by atoms with Gasteiger partial charge in [0, 0.05) is 23.9 Å². The third kappa shape index (κ3) is 4.73. The molecule has 0 aliphatic carbocycles. The first kappa shape index (κ1) is 24.3. The summed E-state index contributed by atoms with van der Waals surface area (Å²) in [4.78, 5) is 40.9. The van der Waals surface area contributed by atoms with E-state index in [4.69, 9.17) is 37.8 Å². The summed E-state index contributed by atoms with van der Waals surface area (Å²) in [6.07, 6.45) is 2.52. The number of allylic oxidation sites excluding steroid dienone is 1. The van der Waals surface area contributed by atoms with E-state index < -0.39 is 21.9 Å². The van der Waals surface area contributed by atoms with Gasteiger partial charge in [-0.15, -0.1) is 0 Å². The molecule has 0 fully saturated rings. The molecule has 0 saturated heterocycles. The molecule has 4 rings (SSSR count). The molecule has 2 aromatic carbocycles. The lowest BCUT2D eigenvalue weighted by Gasteiger charge is -2.10. The molecule has 0 radical (unpaired) electrons. The van der Waals surface area contributed by atoms with Crippen LogP contribution in [0.4, 0.5) is 5.69 Å². The van der Waals surface area contributed by atoms with Crippen molar-refractivity contribution in [3.05, 3.63) is 68.2 Å². The molecule has 1 aliphatic heterocycles. The number of aliphatic carboxylic acids is 1. The highest BCUT2D eigenvalue weighted by Gasteiger charge is 2.22. The molecular formula is C24H19Cl2N3O6. The fourth-order valence-electron chi connectivity index (χ4n) is 3.74. The number of nitrogens with one attached hydrogen (secondary N) is 1. The smallest absolute Gasteiger partial charge is 0.349 e. The Balaban J connectivity index is 1.74. The second kappa shape index (κ2) is 9.81. The topological polar surface area (TPSA) is 120 Å². The number of carboxylic acid groups (broad SMARTS) is 1. The van der Waals surface area contributed by atoms with E-state index in [9.17, 15) is 14.4 Å². The number of methoxy groups -OCH3 is 2. The quantitative estimate of drug-likeness (QED) is 0.474. The van der Waals surface area contributed by atoms with Crippen LogP contribution in [0, 0.1) is 0 Å². The Morgan fingerprint density at radius 2 is 1.89 bits per heavy atom. The summed E-state index contributed by atoms with van der Waals surface area (Å²) < 4.78 is 12.3. The summed E-state index contributed by atoms with van der Waals surface area (Å²) in [7, 11) is 3.14. The number of fused-ring (bicyclic) bond motifs is 2. The molecule has 0 unspecified atom stereocenters. The summed E-state index contributed by atoms with van der Waals surface area (Å²) in [5.41, 5.74) is 2.08. The Morgan fingerprint density at radius 1 is 1.11 bits per heavy atom. The van der Waals surface area contributed by atoms with Gasteiger partial charge in [-0.2, -0.15) is 0 Å². The van der Waals surface area contributed by atoms with Gasteiger partial charge >= 0.3 is 5.97 Å². The number of carbonyl (C=O) groups is 2. The number of benzene rings is 2. The first-order chi connectivity index (χ1) is 16.7. The maximum absolute atomic E-state index is 13.1.